The van der Waals surface area contributed by atoms with Crippen LogP contribution in [0.3, 0.4) is 0 Å². The number of halogens is 1. The lowest BCUT2D eigenvalue weighted by molar-refractivity contribution is 0.0758. The van der Waals surface area contributed by atoms with Crippen molar-refractivity contribution in [1.82, 2.24) is 14.8 Å². The highest BCUT2D eigenvalue weighted by atomic mass is 19.1. The predicted molar refractivity (Wildman–Crippen MR) is 70.7 cm³/mol. The Morgan fingerprint density at radius 1 is 1.35 bits per heavy atom. The Bertz CT molecular complexity index is 505. The molecule has 1 N–H and O–H groups in total. The molecule has 0 aliphatic carbocycles. The highest BCUT2D eigenvalue weighted by Gasteiger charge is 2.39. The maximum absolute atomic E-state index is 13.6. The number of pyridine rings is 1. The molecule has 2 aliphatic heterocycles. The van der Waals surface area contributed by atoms with E-state index in [0.717, 1.165) is 32.1 Å². The van der Waals surface area contributed by atoms with Gasteiger partial charge in [-0.2, -0.15) is 0 Å². The summed E-state index contributed by atoms with van der Waals surface area (Å²) < 4.78 is 13.6. The number of likely N-dealkylation sites (tertiary alicyclic amines) is 2. The van der Waals surface area contributed by atoms with Gasteiger partial charge in [0.05, 0.1) is 23.9 Å². The van der Waals surface area contributed by atoms with Gasteiger partial charge < -0.3 is 10.0 Å². The van der Waals surface area contributed by atoms with Crippen LogP contribution >= 0.6 is 0 Å². The van der Waals surface area contributed by atoms with Crippen molar-refractivity contribution in [3.63, 3.8) is 0 Å². The van der Waals surface area contributed by atoms with E-state index < -0.39 is 11.9 Å². The lowest BCUT2D eigenvalue weighted by Gasteiger charge is -2.25. The van der Waals surface area contributed by atoms with Crippen LogP contribution in [-0.4, -0.2) is 64.1 Å². The zero-order valence-electron chi connectivity index (χ0n) is 11.2. The third-order valence-electron chi connectivity index (χ3n) is 4.16. The summed E-state index contributed by atoms with van der Waals surface area (Å²) in [7, 11) is 0. The second kappa shape index (κ2) is 5.46. The fraction of sp³-hybridized carbons (Fsp3) is 0.571. The first-order valence-electron chi connectivity index (χ1n) is 6.97. The zero-order valence-corrected chi connectivity index (χ0v) is 11.2. The van der Waals surface area contributed by atoms with E-state index in [1.165, 1.54) is 17.2 Å². The lowest BCUT2D eigenvalue weighted by Crippen LogP contribution is -2.41. The summed E-state index contributed by atoms with van der Waals surface area (Å²) in [6, 6.07) is 1.36. The molecular weight excluding hydrogens is 261 g/mol. The second-order valence-electron chi connectivity index (χ2n) is 5.44. The minimum Gasteiger partial charge on any atom is -0.390 e. The molecule has 1 amide bonds. The highest BCUT2D eigenvalue weighted by molar-refractivity contribution is 5.94. The molecule has 2 aliphatic rings. The molecule has 0 spiro atoms. The smallest absolute Gasteiger partial charge is 0.257 e. The van der Waals surface area contributed by atoms with Crippen molar-refractivity contribution in [2.45, 2.75) is 25.0 Å². The molecule has 0 aromatic carbocycles. The fourth-order valence-electron chi connectivity index (χ4n) is 3.09. The summed E-state index contributed by atoms with van der Waals surface area (Å²) in [6.45, 7) is 2.66. The van der Waals surface area contributed by atoms with E-state index in [1.807, 2.05) is 0 Å². The maximum Gasteiger partial charge on any atom is 0.257 e. The van der Waals surface area contributed by atoms with E-state index in [2.05, 4.69) is 9.88 Å². The van der Waals surface area contributed by atoms with E-state index in [9.17, 15) is 14.3 Å². The summed E-state index contributed by atoms with van der Waals surface area (Å²) >= 11 is 0. The normalized spacial score (nSPS) is 27.2. The first-order chi connectivity index (χ1) is 9.66. The molecule has 20 heavy (non-hydrogen) atoms. The number of hydrogen-bond acceptors (Lipinski definition) is 4. The molecule has 2 saturated heterocycles. The molecule has 1 aromatic rings. The van der Waals surface area contributed by atoms with Crippen molar-refractivity contribution >= 4 is 5.91 Å². The number of nitrogens with zero attached hydrogens (tertiary/aromatic N) is 3. The summed E-state index contributed by atoms with van der Waals surface area (Å²) in [5.74, 6) is -0.984. The molecule has 1 aromatic heterocycles. The average Bonchev–Trinajstić information content (AvgIpc) is 3.07. The number of rotatable bonds is 2. The Balaban J connectivity index is 1.72. The number of β-amino-alcohol motifs (C(OH)–C–C–N with tert-alkyl or cyclic N) is 1. The van der Waals surface area contributed by atoms with Gasteiger partial charge in [-0.05, 0) is 32.0 Å². The fourth-order valence-corrected chi connectivity index (χ4v) is 3.09. The first kappa shape index (κ1) is 13.5. The molecule has 6 heteroatoms. The molecule has 2 fully saturated rings. The van der Waals surface area contributed by atoms with Crippen molar-refractivity contribution in [1.29, 1.82) is 0 Å². The predicted octanol–water partition coefficient (Wildman–Crippen LogP) is 0.502. The molecule has 0 unspecified atom stereocenters. The average molecular weight is 279 g/mol. The van der Waals surface area contributed by atoms with E-state index in [0.29, 0.717) is 6.54 Å². The summed E-state index contributed by atoms with van der Waals surface area (Å²) in [4.78, 5) is 19.7. The van der Waals surface area contributed by atoms with Crippen molar-refractivity contribution in [2.75, 3.05) is 26.2 Å². The highest BCUT2D eigenvalue weighted by Crippen LogP contribution is 2.22. The summed E-state index contributed by atoms with van der Waals surface area (Å²) in [5, 5.41) is 10.1. The first-order valence-corrected chi connectivity index (χ1v) is 6.97. The van der Waals surface area contributed by atoms with E-state index >= 15 is 0 Å². The third-order valence-corrected chi connectivity index (χ3v) is 4.16. The van der Waals surface area contributed by atoms with Crippen LogP contribution in [0.2, 0.25) is 0 Å². The van der Waals surface area contributed by atoms with Crippen LogP contribution in [0.15, 0.2) is 18.5 Å². The van der Waals surface area contributed by atoms with Gasteiger partial charge in [0.25, 0.3) is 5.91 Å². The molecule has 2 atom stereocenters. The number of carbonyl (C=O) groups excluding carboxylic acids is 1. The molecule has 3 rings (SSSR count). The van der Waals surface area contributed by atoms with Crippen LogP contribution in [0.1, 0.15) is 23.2 Å². The number of aromatic nitrogens is 1. The quantitative estimate of drug-likeness (QED) is 0.856. The van der Waals surface area contributed by atoms with Crippen molar-refractivity contribution < 1.29 is 14.3 Å². The topological polar surface area (TPSA) is 56.7 Å². The molecule has 0 radical (unpaired) electrons. The third kappa shape index (κ3) is 2.41. The zero-order chi connectivity index (χ0) is 14.1. The van der Waals surface area contributed by atoms with Gasteiger partial charge in [0.15, 0.2) is 5.82 Å². The van der Waals surface area contributed by atoms with Crippen molar-refractivity contribution in [2.24, 2.45) is 0 Å². The standard InChI is InChI=1S/C14H18FN3O2/c15-11-7-16-4-3-10(11)14(20)18-8-12(13(19)9-18)17-5-1-2-6-17/h3-4,7,12-13,19H,1-2,5-6,8-9H2/t12-,13-/m1/s1. The van der Waals surface area contributed by atoms with E-state index in [1.54, 1.807) is 0 Å². The minimum atomic E-state index is -0.614. The molecular formula is C14H18FN3O2. The van der Waals surface area contributed by atoms with Crippen molar-refractivity contribution in [3.05, 3.63) is 29.8 Å². The van der Waals surface area contributed by atoms with Crippen LogP contribution in [0.4, 0.5) is 4.39 Å². The van der Waals surface area contributed by atoms with Crippen LogP contribution in [0, 0.1) is 5.82 Å². The Kier molecular flexibility index (Phi) is 3.67. The Hall–Kier alpha value is -1.53. The van der Waals surface area contributed by atoms with E-state index in [-0.39, 0.29) is 24.1 Å². The largest absolute Gasteiger partial charge is 0.390 e. The number of aliphatic hydroxyl groups excluding tert-OH is 1. The van der Waals surface area contributed by atoms with Crippen LogP contribution < -0.4 is 0 Å². The Labute approximate surface area is 117 Å². The summed E-state index contributed by atoms with van der Waals surface area (Å²) in [6.07, 6.45) is 4.16. The number of aliphatic hydroxyl groups is 1. The SMILES string of the molecule is O=C(c1ccncc1F)N1C[C@@H](O)[C@H](N2CCCC2)C1. The van der Waals surface area contributed by atoms with Gasteiger partial charge in [0, 0.05) is 19.3 Å². The van der Waals surface area contributed by atoms with Crippen molar-refractivity contribution in [3.8, 4) is 0 Å². The van der Waals surface area contributed by atoms with Gasteiger partial charge in [0.2, 0.25) is 0 Å². The number of amides is 1. The second-order valence-corrected chi connectivity index (χ2v) is 5.44. The van der Waals surface area contributed by atoms with Crippen LogP contribution in [0.5, 0.6) is 0 Å². The van der Waals surface area contributed by atoms with E-state index in [4.69, 9.17) is 0 Å². The van der Waals surface area contributed by atoms with Gasteiger partial charge in [-0.3, -0.25) is 14.7 Å². The van der Waals surface area contributed by atoms with Gasteiger partial charge >= 0.3 is 0 Å². The van der Waals surface area contributed by atoms with Gasteiger partial charge in [-0.15, -0.1) is 0 Å². The lowest BCUT2D eigenvalue weighted by atomic mass is 10.2. The summed E-state index contributed by atoms with van der Waals surface area (Å²) in [5.41, 5.74) is 0.0225. The Morgan fingerprint density at radius 2 is 2.10 bits per heavy atom. The molecule has 0 bridgehead atoms. The van der Waals surface area contributed by atoms with Gasteiger partial charge in [-0.1, -0.05) is 0 Å². The monoisotopic (exact) mass is 279 g/mol. The molecule has 0 saturated carbocycles. The van der Waals surface area contributed by atoms with Gasteiger partial charge in [0.1, 0.15) is 0 Å². The maximum atomic E-state index is 13.6. The molecule has 108 valence electrons. The van der Waals surface area contributed by atoms with Gasteiger partial charge in [-0.25, -0.2) is 4.39 Å². The van der Waals surface area contributed by atoms with Crippen LogP contribution in [-0.2, 0) is 0 Å². The number of hydrogen-bond donors (Lipinski definition) is 1. The Morgan fingerprint density at radius 3 is 2.80 bits per heavy atom. The number of carbonyl (C=O) groups is 1. The van der Waals surface area contributed by atoms with Crippen LogP contribution in [0.25, 0.3) is 0 Å². The molecule has 5 nitrogen and oxygen atoms in total. The molecule has 3 heterocycles. The minimum absolute atomic E-state index is 0.0219.